The fourth-order valence-corrected chi connectivity index (χ4v) is 7.55. The molecule has 33 heavy (non-hydrogen) atoms. The Morgan fingerprint density at radius 2 is 2.00 bits per heavy atom. The third kappa shape index (κ3) is 3.05. The molecule has 172 valence electrons. The first-order valence-electron chi connectivity index (χ1n) is 13.7. The van der Waals surface area contributed by atoms with Gasteiger partial charge in [-0.25, -0.2) is 0 Å². The molecule has 1 aromatic rings. The van der Waals surface area contributed by atoms with Gasteiger partial charge in [0.25, 0.3) is 0 Å². The highest BCUT2D eigenvalue weighted by atomic mass is 16.6. The maximum atomic E-state index is 12.2. The molecule has 0 unspecified atom stereocenters. The Morgan fingerprint density at radius 1 is 1.15 bits per heavy atom. The van der Waals surface area contributed by atoms with Gasteiger partial charge in [-0.05, 0) is 92.1 Å². The fraction of sp³-hybridized carbons (Fsp3) is 0.552. The molecule has 0 saturated heterocycles. The SMILES string of the molecule is [2H]C([2H])([2H])C#C[C@]1(O)CC[C@H]2[C@@H]3CCC4=CC(=O)CCC4=C3[C@@H](c3ccc4c(c3)OCCO4)C[C@@]21C. The van der Waals surface area contributed by atoms with Gasteiger partial charge in [0.2, 0.25) is 0 Å². The van der Waals surface area contributed by atoms with Gasteiger partial charge in [0.1, 0.15) is 18.8 Å². The van der Waals surface area contributed by atoms with Gasteiger partial charge in [-0.1, -0.05) is 24.5 Å². The van der Waals surface area contributed by atoms with Gasteiger partial charge >= 0.3 is 0 Å². The van der Waals surface area contributed by atoms with Crippen molar-refractivity contribution in [1.29, 1.82) is 0 Å². The van der Waals surface area contributed by atoms with Crippen LogP contribution in [0.4, 0.5) is 0 Å². The summed E-state index contributed by atoms with van der Waals surface area (Å²) in [4.78, 5) is 12.2. The highest BCUT2D eigenvalue weighted by Crippen LogP contribution is 2.66. The molecule has 0 radical (unpaired) electrons. The molecule has 4 heteroatoms. The normalized spacial score (nSPS) is 38.5. The van der Waals surface area contributed by atoms with E-state index in [1.807, 2.05) is 12.1 Å². The van der Waals surface area contributed by atoms with Crippen molar-refractivity contribution in [3.8, 4) is 23.3 Å². The smallest absolute Gasteiger partial charge is 0.161 e. The Bertz CT molecular complexity index is 1250. The first-order chi connectivity index (χ1) is 17.1. The number of hydrogen-bond donors (Lipinski definition) is 1. The number of carbonyl (C=O) groups excluding carboxylic acids is 1. The van der Waals surface area contributed by atoms with Gasteiger partial charge in [0, 0.05) is 21.9 Å². The molecule has 4 nitrogen and oxygen atoms in total. The van der Waals surface area contributed by atoms with Crippen molar-refractivity contribution in [1.82, 2.24) is 0 Å². The van der Waals surface area contributed by atoms with Crippen LogP contribution in [-0.4, -0.2) is 29.7 Å². The van der Waals surface area contributed by atoms with E-state index in [-0.39, 0.29) is 23.5 Å². The van der Waals surface area contributed by atoms with Crippen LogP contribution in [0.5, 0.6) is 11.5 Å². The van der Waals surface area contributed by atoms with E-state index >= 15 is 0 Å². The number of fused-ring (bicyclic) bond motifs is 5. The van der Waals surface area contributed by atoms with E-state index in [0.717, 1.165) is 42.7 Å². The van der Waals surface area contributed by atoms with Gasteiger partial charge in [0.15, 0.2) is 17.3 Å². The standard InChI is InChI=1S/C29H32O4/c1-3-11-29(31)12-10-24-22-7-4-18-15-20(30)6-8-21(18)27(22)23(17-28(24,29)2)19-5-9-25-26(16-19)33-14-13-32-25/h5,9,15-16,22-24,31H,4,6-8,10,12-14,17H2,1-2H3/t22-,23+,24-,28-,29-/m0/s1/i1D3. The molecule has 0 aromatic heterocycles. The number of allylic oxidation sites excluding steroid dienone is 4. The van der Waals surface area contributed by atoms with Crippen LogP contribution in [0.1, 0.15) is 74.3 Å². The predicted octanol–water partition coefficient (Wildman–Crippen LogP) is 5.11. The molecule has 5 atom stereocenters. The van der Waals surface area contributed by atoms with Crippen molar-refractivity contribution in [2.45, 2.75) is 70.2 Å². The van der Waals surface area contributed by atoms with E-state index in [0.29, 0.717) is 32.5 Å². The van der Waals surface area contributed by atoms with Crippen molar-refractivity contribution >= 4 is 5.78 Å². The van der Waals surface area contributed by atoms with E-state index in [1.54, 1.807) is 0 Å². The van der Waals surface area contributed by atoms with E-state index in [9.17, 15) is 9.90 Å². The number of aliphatic hydroxyl groups is 1. The molecule has 5 aliphatic rings. The maximum absolute atomic E-state index is 12.2. The molecule has 2 saturated carbocycles. The van der Waals surface area contributed by atoms with Crippen LogP contribution in [0, 0.1) is 29.1 Å². The average Bonchev–Trinajstić information content (AvgIpc) is 3.12. The summed E-state index contributed by atoms with van der Waals surface area (Å²) in [5, 5.41) is 11.9. The molecule has 0 bridgehead atoms. The van der Waals surface area contributed by atoms with Gasteiger partial charge in [-0.15, -0.1) is 5.92 Å². The van der Waals surface area contributed by atoms with Crippen molar-refractivity contribution < 1.29 is 23.5 Å². The summed E-state index contributed by atoms with van der Waals surface area (Å²) in [5.74, 6) is 7.42. The van der Waals surface area contributed by atoms with Gasteiger partial charge in [0.05, 0.1) is 0 Å². The average molecular weight is 448 g/mol. The van der Waals surface area contributed by atoms with Gasteiger partial charge in [-0.3, -0.25) is 4.79 Å². The quantitative estimate of drug-likeness (QED) is 0.608. The monoisotopic (exact) mass is 447 g/mol. The molecule has 2 fully saturated rings. The van der Waals surface area contributed by atoms with Crippen LogP contribution >= 0.6 is 0 Å². The second kappa shape index (κ2) is 7.50. The summed E-state index contributed by atoms with van der Waals surface area (Å²) in [6, 6.07) is 6.14. The van der Waals surface area contributed by atoms with Crippen molar-refractivity contribution in [2.75, 3.05) is 13.2 Å². The van der Waals surface area contributed by atoms with E-state index in [2.05, 4.69) is 30.9 Å². The minimum atomic E-state index is -2.40. The maximum Gasteiger partial charge on any atom is 0.161 e. The molecular weight excluding hydrogens is 412 g/mol. The van der Waals surface area contributed by atoms with Crippen LogP contribution < -0.4 is 9.47 Å². The highest BCUT2D eigenvalue weighted by molar-refractivity contribution is 5.93. The van der Waals surface area contributed by atoms with Crippen LogP contribution in [0.3, 0.4) is 0 Å². The van der Waals surface area contributed by atoms with Crippen molar-refractivity contribution in [2.24, 2.45) is 17.3 Å². The van der Waals surface area contributed by atoms with E-state index < -0.39 is 17.9 Å². The molecule has 0 spiro atoms. The lowest BCUT2D eigenvalue weighted by atomic mass is 9.51. The lowest BCUT2D eigenvalue weighted by Crippen LogP contribution is -2.51. The number of rotatable bonds is 1. The predicted molar refractivity (Wildman–Crippen MR) is 126 cm³/mol. The van der Waals surface area contributed by atoms with Gasteiger partial charge < -0.3 is 14.6 Å². The largest absolute Gasteiger partial charge is 0.486 e. The molecule has 0 amide bonds. The molecule has 4 aliphatic carbocycles. The van der Waals surface area contributed by atoms with Gasteiger partial charge in [-0.2, -0.15) is 0 Å². The number of carbonyl (C=O) groups is 1. The molecular formula is C29H32O4. The van der Waals surface area contributed by atoms with Crippen LogP contribution in [0.25, 0.3) is 0 Å². The Labute approximate surface area is 200 Å². The summed E-state index contributed by atoms with van der Waals surface area (Å²) >= 11 is 0. The van der Waals surface area contributed by atoms with Crippen LogP contribution in [-0.2, 0) is 4.79 Å². The highest BCUT2D eigenvalue weighted by Gasteiger charge is 2.62. The minimum absolute atomic E-state index is 0.0261. The lowest BCUT2D eigenvalue weighted by molar-refractivity contribution is -0.114. The number of ketones is 1. The Balaban J connectivity index is 1.50. The third-order valence-electron chi connectivity index (χ3n) is 9.12. The zero-order chi connectivity index (χ0) is 25.3. The minimum Gasteiger partial charge on any atom is -0.486 e. The molecule has 1 aliphatic heterocycles. The summed E-state index contributed by atoms with van der Waals surface area (Å²) in [7, 11) is 0. The van der Waals surface area contributed by atoms with Crippen LogP contribution in [0.2, 0.25) is 0 Å². The summed E-state index contributed by atoms with van der Waals surface area (Å²) in [5.41, 5.74) is 3.13. The molecule has 1 heterocycles. The third-order valence-corrected chi connectivity index (χ3v) is 9.12. The van der Waals surface area contributed by atoms with Crippen LogP contribution in [0.15, 0.2) is 41.0 Å². The first kappa shape index (κ1) is 17.9. The zero-order valence-corrected chi connectivity index (χ0v) is 19.1. The number of hydrogen-bond acceptors (Lipinski definition) is 4. The van der Waals surface area contributed by atoms with Crippen molar-refractivity contribution in [3.05, 3.63) is 46.6 Å². The summed E-state index contributed by atoms with van der Waals surface area (Å²) in [6.07, 6.45) is 6.92. The molecule has 1 N–H and O–H groups in total. The first-order valence-corrected chi connectivity index (χ1v) is 12.2. The summed E-state index contributed by atoms with van der Waals surface area (Å²) < 4.78 is 34.4. The lowest BCUT2D eigenvalue weighted by Gasteiger charge is -2.53. The molecule has 6 rings (SSSR count). The molecule has 1 aromatic carbocycles. The topological polar surface area (TPSA) is 55.8 Å². The second-order valence-electron chi connectivity index (χ2n) is 10.5. The van der Waals surface area contributed by atoms with E-state index in [4.69, 9.17) is 13.6 Å². The Hall–Kier alpha value is -2.51. The van der Waals surface area contributed by atoms with E-state index in [1.165, 1.54) is 16.7 Å². The Kier molecular flexibility index (Phi) is 4.07. The fourth-order valence-electron chi connectivity index (χ4n) is 7.55. The zero-order valence-electron chi connectivity index (χ0n) is 22.1. The summed E-state index contributed by atoms with van der Waals surface area (Å²) in [6.45, 7) is 0.753. The second-order valence-corrected chi connectivity index (χ2v) is 10.5. The Morgan fingerprint density at radius 3 is 2.85 bits per heavy atom. The number of ether oxygens (including phenoxy) is 2. The van der Waals surface area contributed by atoms with Crippen molar-refractivity contribution in [3.63, 3.8) is 0 Å². The number of benzene rings is 1.